The molecule has 1 aromatic carbocycles. The Balaban J connectivity index is 2.05. The number of benzene rings is 1. The van der Waals surface area contributed by atoms with Crippen LogP contribution in [0.25, 0.3) is 10.9 Å². The topological polar surface area (TPSA) is 85.7 Å². The minimum Gasteiger partial charge on any atom is -0.497 e. The predicted molar refractivity (Wildman–Crippen MR) is 93.9 cm³/mol. The molecule has 0 radical (unpaired) electrons. The number of hydrogen-bond donors (Lipinski definition) is 0. The molecule has 1 saturated heterocycles. The fraction of sp³-hybridized carbons (Fsp3) is 0.412. The lowest BCUT2D eigenvalue weighted by atomic mass is 10.1. The molecule has 7 nitrogen and oxygen atoms in total. The van der Waals surface area contributed by atoms with Gasteiger partial charge in [-0.25, -0.2) is 8.42 Å². The maximum atomic E-state index is 13.0. The van der Waals surface area contributed by atoms with Gasteiger partial charge < -0.3 is 9.64 Å². The molecule has 0 N–H and O–H groups in total. The molecule has 25 heavy (non-hydrogen) atoms. The van der Waals surface area contributed by atoms with Crippen LogP contribution < -0.4 is 4.74 Å². The highest BCUT2D eigenvalue weighted by Crippen LogP contribution is 2.28. The van der Waals surface area contributed by atoms with Crippen molar-refractivity contribution in [2.24, 2.45) is 0 Å². The summed E-state index contributed by atoms with van der Waals surface area (Å²) in [5.74, 6) is 0.136. The van der Waals surface area contributed by atoms with Gasteiger partial charge in [0.25, 0.3) is 5.91 Å². The zero-order valence-corrected chi connectivity index (χ0v) is 15.2. The lowest BCUT2D eigenvalue weighted by Crippen LogP contribution is -2.37. The van der Waals surface area contributed by atoms with Gasteiger partial charge in [-0.3, -0.25) is 14.2 Å². The van der Waals surface area contributed by atoms with E-state index in [2.05, 4.69) is 0 Å². The fourth-order valence-corrected chi connectivity index (χ4v) is 4.98. The molecule has 2 aromatic rings. The van der Waals surface area contributed by atoms with E-state index in [0.29, 0.717) is 28.6 Å². The van der Waals surface area contributed by atoms with Crippen molar-refractivity contribution >= 4 is 32.6 Å². The van der Waals surface area contributed by atoms with E-state index in [0.717, 1.165) is 0 Å². The number of methoxy groups -OCH3 is 1. The monoisotopic (exact) mass is 364 g/mol. The molecule has 0 aliphatic carbocycles. The van der Waals surface area contributed by atoms with Crippen LogP contribution in [0.3, 0.4) is 0 Å². The van der Waals surface area contributed by atoms with Gasteiger partial charge >= 0.3 is 0 Å². The van der Waals surface area contributed by atoms with Gasteiger partial charge in [-0.15, -0.1) is 0 Å². The number of rotatable bonds is 3. The SMILES string of the molecule is COc1ccc2c(c1)c(C(=O)N(C)C1CCS(=O)(=O)C1)cn2C(C)=O. The van der Waals surface area contributed by atoms with Crippen LogP contribution in [0.1, 0.15) is 28.5 Å². The van der Waals surface area contributed by atoms with Crippen LogP contribution in [0.15, 0.2) is 24.4 Å². The van der Waals surface area contributed by atoms with Crippen molar-refractivity contribution in [2.75, 3.05) is 25.7 Å². The highest BCUT2D eigenvalue weighted by atomic mass is 32.2. The first-order chi connectivity index (χ1) is 11.7. The molecular weight excluding hydrogens is 344 g/mol. The summed E-state index contributed by atoms with van der Waals surface area (Å²) in [7, 11) is 0.0393. The molecule has 1 fully saturated rings. The molecule has 1 amide bonds. The molecule has 8 heteroatoms. The van der Waals surface area contributed by atoms with Gasteiger partial charge in [0.1, 0.15) is 5.75 Å². The number of nitrogens with zero attached hydrogens (tertiary/aromatic N) is 2. The van der Waals surface area contributed by atoms with Gasteiger partial charge in [0.2, 0.25) is 5.91 Å². The molecule has 1 aliphatic heterocycles. The highest BCUT2D eigenvalue weighted by Gasteiger charge is 2.34. The summed E-state index contributed by atoms with van der Waals surface area (Å²) in [4.78, 5) is 26.3. The van der Waals surface area contributed by atoms with E-state index in [-0.39, 0.29) is 29.4 Å². The Bertz CT molecular complexity index is 961. The Hall–Kier alpha value is -2.35. The van der Waals surface area contributed by atoms with Gasteiger partial charge in [-0.05, 0) is 24.6 Å². The van der Waals surface area contributed by atoms with Crippen molar-refractivity contribution in [3.8, 4) is 5.75 Å². The van der Waals surface area contributed by atoms with Crippen molar-refractivity contribution in [3.05, 3.63) is 30.0 Å². The largest absolute Gasteiger partial charge is 0.497 e. The maximum Gasteiger partial charge on any atom is 0.256 e. The molecule has 1 aliphatic rings. The normalized spacial score (nSPS) is 19.1. The number of amides is 1. The van der Waals surface area contributed by atoms with E-state index < -0.39 is 9.84 Å². The third kappa shape index (κ3) is 3.13. The zero-order chi connectivity index (χ0) is 18.4. The second kappa shape index (κ2) is 6.18. The van der Waals surface area contributed by atoms with Crippen molar-refractivity contribution in [1.29, 1.82) is 0 Å². The summed E-state index contributed by atoms with van der Waals surface area (Å²) in [5, 5.41) is 0.604. The summed E-state index contributed by atoms with van der Waals surface area (Å²) in [5.41, 5.74) is 0.972. The van der Waals surface area contributed by atoms with Gasteiger partial charge in [-0.1, -0.05) is 0 Å². The molecule has 134 valence electrons. The third-order valence-corrected chi connectivity index (χ3v) is 6.41. The average Bonchev–Trinajstić information content (AvgIpc) is 3.13. The molecule has 0 saturated carbocycles. The first-order valence-corrected chi connectivity index (χ1v) is 9.73. The van der Waals surface area contributed by atoms with Gasteiger partial charge in [0.05, 0.1) is 29.7 Å². The number of carbonyl (C=O) groups is 2. The summed E-state index contributed by atoms with van der Waals surface area (Å²) in [6.07, 6.45) is 1.94. The Morgan fingerprint density at radius 3 is 2.60 bits per heavy atom. The first kappa shape index (κ1) is 17.5. The molecular formula is C17H20N2O5S. The number of hydrogen-bond acceptors (Lipinski definition) is 5. The molecule has 1 aromatic heterocycles. The summed E-state index contributed by atoms with van der Waals surface area (Å²) < 4.78 is 30.0. The van der Waals surface area contributed by atoms with Crippen LogP contribution in [0.2, 0.25) is 0 Å². The van der Waals surface area contributed by atoms with Gasteiger partial charge in [0, 0.05) is 31.6 Å². The lowest BCUT2D eigenvalue weighted by molar-refractivity contribution is 0.0749. The van der Waals surface area contributed by atoms with Gasteiger partial charge in [0.15, 0.2) is 9.84 Å². The number of sulfone groups is 1. The third-order valence-electron chi connectivity index (χ3n) is 4.66. The van der Waals surface area contributed by atoms with Crippen LogP contribution in [-0.4, -0.2) is 61.4 Å². The number of carbonyl (C=O) groups excluding carboxylic acids is 2. The van der Waals surface area contributed by atoms with Crippen molar-refractivity contribution < 1.29 is 22.7 Å². The van der Waals surface area contributed by atoms with Crippen LogP contribution in [-0.2, 0) is 9.84 Å². The van der Waals surface area contributed by atoms with E-state index in [1.54, 1.807) is 25.2 Å². The standard InChI is InChI=1S/C17H20N2O5S/c1-11(20)19-9-15(14-8-13(24-3)4-5-16(14)19)17(21)18(2)12-6-7-25(22,23)10-12/h4-5,8-9,12H,6-7,10H2,1-3H3. The van der Waals surface area contributed by atoms with E-state index in [9.17, 15) is 18.0 Å². The Labute approximate surface area is 146 Å². The van der Waals surface area contributed by atoms with E-state index >= 15 is 0 Å². The minimum absolute atomic E-state index is 0.0239. The zero-order valence-electron chi connectivity index (χ0n) is 14.4. The second-order valence-electron chi connectivity index (χ2n) is 6.29. The van der Waals surface area contributed by atoms with Gasteiger partial charge in [-0.2, -0.15) is 0 Å². The Morgan fingerprint density at radius 1 is 1.32 bits per heavy atom. The highest BCUT2D eigenvalue weighted by molar-refractivity contribution is 7.91. The Kier molecular flexibility index (Phi) is 4.32. The smallest absolute Gasteiger partial charge is 0.256 e. The average molecular weight is 364 g/mol. The lowest BCUT2D eigenvalue weighted by Gasteiger charge is -2.23. The van der Waals surface area contributed by atoms with E-state index in [1.807, 2.05) is 0 Å². The number of fused-ring (bicyclic) bond motifs is 1. The van der Waals surface area contributed by atoms with Crippen molar-refractivity contribution in [1.82, 2.24) is 9.47 Å². The van der Waals surface area contributed by atoms with E-state index in [1.165, 1.54) is 29.7 Å². The molecule has 2 heterocycles. The van der Waals surface area contributed by atoms with Crippen LogP contribution in [0.5, 0.6) is 5.75 Å². The fourth-order valence-electron chi connectivity index (χ4n) is 3.20. The van der Waals surface area contributed by atoms with Crippen molar-refractivity contribution in [2.45, 2.75) is 19.4 Å². The Morgan fingerprint density at radius 2 is 2.04 bits per heavy atom. The van der Waals surface area contributed by atoms with Crippen LogP contribution in [0, 0.1) is 0 Å². The predicted octanol–water partition coefficient (Wildman–Crippen LogP) is 1.57. The summed E-state index contributed by atoms with van der Waals surface area (Å²) >= 11 is 0. The van der Waals surface area contributed by atoms with Crippen molar-refractivity contribution in [3.63, 3.8) is 0 Å². The first-order valence-electron chi connectivity index (χ1n) is 7.91. The minimum atomic E-state index is -3.09. The van der Waals surface area contributed by atoms with Crippen LogP contribution >= 0.6 is 0 Å². The molecule has 1 unspecified atom stereocenters. The summed E-state index contributed by atoms with van der Waals surface area (Å²) in [6, 6.07) is 4.82. The van der Waals surface area contributed by atoms with E-state index in [4.69, 9.17) is 4.74 Å². The quantitative estimate of drug-likeness (QED) is 0.825. The number of ether oxygens (including phenoxy) is 1. The molecule has 1 atom stereocenters. The molecule has 0 bridgehead atoms. The summed E-state index contributed by atoms with van der Waals surface area (Å²) in [6.45, 7) is 1.42. The number of aromatic nitrogens is 1. The molecule has 3 rings (SSSR count). The maximum absolute atomic E-state index is 13.0. The molecule has 0 spiro atoms. The van der Waals surface area contributed by atoms with Crippen LogP contribution in [0.4, 0.5) is 0 Å². The second-order valence-corrected chi connectivity index (χ2v) is 8.52.